The number of piperazine rings is 1. The van der Waals surface area contributed by atoms with E-state index in [1.54, 1.807) is 22.6 Å². The highest BCUT2D eigenvalue weighted by atomic mass is 16.3. The van der Waals surface area contributed by atoms with Gasteiger partial charge >= 0.3 is 0 Å². The number of nitriles is 1. The molecule has 1 N–H and O–H groups in total. The van der Waals surface area contributed by atoms with Crippen LogP contribution >= 0.6 is 0 Å². The lowest BCUT2D eigenvalue weighted by molar-refractivity contribution is -0.133. The first-order chi connectivity index (χ1) is 19.0. The van der Waals surface area contributed by atoms with Crippen LogP contribution in [0.15, 0.2) is 54.0 Å². The molecule has 1 fully saturated rings. The molecule has 3 aromatic rings. The van der Waals surface area contributed by atoms with E-state index in [-0.39, 0.29) is 11.3 Å². The molecular weight excluding hydrogens is 502 g/mol. The van der Waals surface area contributed by atoms with E-state index in [1.807, 2.05) is 24.2 Å². The summed E-state index contributed by atoms with van der Waals surface area (Å²) in [5, 5.41) is 29.6. The van der Waals surface area contributed by atoms with Gasteiger partial charge in [-0.3, -0.25) is 9.80 Å². The molecule has 0 spiro atoms. The molecular formula is C31H39N7O2. The predicted octanol–water partition coefficient (Wildman–Crippen LogP) is 4.62. The van der Waals surface area contributed by atoms with Gasteiger partial charge in [0.2, 0.25) is 5.91 Å². The summed E-state index contributed by atoms with van der Waals surface area (Å²) in [5.74, 6) is 0.225. The van der Waals surface area contributed by atoms with E-state index in [2.05, 4.69) is 79.0 Å². The summed E-state index contributed by atoms with van der Waals surface area (Å²) in [6.07, 6.45) is 5.33. The molecule has 0 unspecified atom stereocenters. The summed E-state index contributed by atoms with van der Waals surface area (Å²) in [7, 11) is 0. The van der Waals surface area contributed by atoms with Gasteiger partial charge in [0.15, 0.2) is 0 Å². The number of hydrogen-bond donors (Lipinski definition) is 1. The van der Waals surface area contributed by atoms with Gasteiger partial charge in [-0.05, 0) is 54.2 Å². The number of fused-ring (bicyclic) bond motifs is 1. The van der Waals surface area contributed by atoms with E-state index in [4.69, 9.17) is 0 Å². The Kier molecular flexibility index (Phi) is 8.60. The number of nitrogens with zero attached hydrogens (tertiary/aromatic N) is 7. The number of rotatable bonds is 8. The van der Waals surface area contributed by atoms with Crippen LogP contribution in [0.2, 0.25) is 0 Å². The summed E-state index contributed by atoms with van der Waals surface area (Å²) in [5.41, 5.74) is 6.05. The average molecular weight is 542 g/mol. The number of aromatic nitrogens is 2. The third-order valence-electron chi connectivity index (χ3n) is 7.02. The minimum atomic E-state index is -0.553. The monoisotopic (exact) mass is 541 g/mol. The Morgan fingerprint density at radius 1 is 1.25 bits per heavy atom. The van der Waals surface area contributed by atoms with Crippen molar-refractivity contribution < 1.29 is 9.90 Å². The van der Waals surface area contributed by atoms with Gasteiger partial charge in [-0.2, -0.15) is 15.5 Å². The summed E-state index contributed by atoms with van der Waals surface area (Å²) in [6, 6.07) is 12.7. The van der Waals surface area contributed by atoms with Crippen LogP contribution in [0.25, 0.3) is 22.2 Å². The molecule has 2 aromatic heterocycles. The lowest BCUT2D eigenvalue weighted by atomic mass is 9.91. The van der Waals surface area contributed by atoms with E-state index in [0.29, 0.717) is 18.5 Å². The van der Waals surface area contributed by atoms with Crippen molar-refractivity contribution >= 4 is 29.4 Å². The Bertz CT molecular complexity index is 1430. The molecule has 3 heterocycles. The number of carbonyl (C=O) groups excluding carboxylic acids is 1. The maximum atomic E-state index is 12.6. The van der Waals surface area contributed by atoms with E-state index in [9.17, 15) is 15.2 Å². The van der Waals surface area contributed by atoms with E-state index in [0.717, 1.165) is 59.6 Å². The third kappa shape index (κ3) is 6.69. The maximum absolute atomic E-state index is 12.6. The zero-order valence-electron chi connectivity index (χ0n) is 24.1. The van der Waals surface area contributed by atoms with Crippen molar-refractivity contribution in [1.82, 2.24) is 19.5 Å². The van der Waals surface area contributed by atoms with E-state index in [1.165, 1.54) is 0 Å². The molecule has 0 bridgehead atoms. The second-order valence-electron chi connectivity index (χ2n) is 11.7. The zero-order valence-corrected chi connectivity index (χ0v) is 24.1. The summed E-state index contributed by atoms with van der Waals surface area (Å²) >= 11 is 0. The fourth-order valence-electron chi connectivity index (χ4n) is 4.99. The van der Waals surface area contributed by atoms with Crippen molar-refractivity contribution in [1.29, 1.82) is 5.26 Å². The average Bonchev–Trinajstić information content (AvgIpc) is 3.34. The van der Waals surface area contributed by atoms with Crippen LogP contribution in [0, 0.1) is 16.7 Å². The van der Waals surface area contributed by atoms with Crippen LogP contribution in [0.1, 0.15) is 52.2 Å². The number of allylic oxidation sites excluding steroid dienone is 1. The molecule has 1 aliphatic heterocycles. The largest absolute Gasteiger partial charge is 0.391 e. The quantitative estimate of drug-likeness (QED) is 0.330. The number of aliphatic hydroxyl groups is 1. The second kappa shape index (κ2) is 11.9. The van der Waals surface area contributed by atoms with Crippen molar-refractivity contribution in [3.05, 3.63) is 60.1 Å². The Morgan fingerprint density at radius 2 is 1.93 bits per heavy atom. The van der Waals surface area contributed by atoms with Crippen molar-refractivity contribution in [3.8, 4) is 17.2 Å². The topological polar surface area (TPSA) is 100 Å². The molecule has 1 aromatic carbocycles. The van der Waals surface area contributed by atoms with Crippen molar-refractivity contribution in [2.45, 2.75) is 47.1 Å². The fourth-order valence-corrected chi connectivity index (χ4v) is 4.99. The predicted molar refractivity (Wildman–Crippen MR) is 160 cm³/mol. The van der Waals surface area contributed by atoms with E-state index < -0.39 is 6.10 Å². The zero-order chi connectivity index (χ0) is 29.0. The first kappa shape index (κ1) is 28.8. The number of amides is 1. The lowest BCUT2D eigenvalue weighted by Crippen LogP contribution is -2.49. The molecule has 4 rings (SSSR count). The van der Waals surface area contributed by atoms with Crippen molar-refractivity contribution in [3.63, 3.8) is 0 Å². The van der Waals surface area contributed by atoms with Gasteiger partial charge in [-0.15, -0.1) is 0 Å². The SMILES string of the molecule is C=NN(/C=C(\C)c1cc(-c2ccc(N3CCN(C(=O)CC(C)(C)C)CC3)cc2)c2c(C#N)cnn2c1)C[C@@H](C)O. The van der Waals surface area contributed by atoms with Crippen molar-refractivity contribution in [2.24, 2.45) is 10.5 Å². The smallest absolute Gasteiger partial charge is 0.223 e. The first-order valence-electron chi connectivity index (χ1n) is 13.6. The number of pyridine rings is 1. The Morgan fingerprint density at radius 3 is 2.50 bits per heavy atom. The molecule has 1 aliphatic rings. The molecule has 0 saturated carbocycles. The highest BCUT2D eigenvalue weighted by Crippen LogP contribution is 2.32. The Labute approximate surface area is 236 Å². The summed E-state index contributed by atoms with van der Waals surface area (Å²) in [6.45, 7) is 16.9. The molecule has 1 saturated heterocycles. The first-order valence-corrected chi connectivity index (χ1v) is 13.6. The molecule has 0 aliphatic carbocycles. The van der Waals surface area contributed by atoms with Gasteiger partial charge in [-0.1, -0.05) is 32.9 Å². The number of hydrazone groups is 1. The minimum absolute atomic E-state index is 0.0120. The number of benzene rings is 1. The molecule has 9 nitrogen and oxygen atoms in total. The molecule has 210 valence electrons. The van der Waals surface area contributed by atoms with Crippen LogP contribution in [0.5, 0.6) is 0 Å². The number of carbonyl (C=O) groups is 1. The van der Waals surface area contributed by atoms with Gasteiger partial charge < -0.3 is 14.9 Å². The van der Waals surface area contributed by atoms with Gasteiger partial charge in [-0.25, -0.2) is 4.52 Å². The number of anilines is 1. The van der Waals surface area contributed by atoms with Gasteiger partial charge in [0.25, 0.3) is 0 Å². The summed E-state index contributed by atoms with van der Waals surface area (Å²) < 4.78 is 1.74. The van der Waals surface area contributed by atoms with Gasteiger partial charge in [0.05, 0.1) is 29.9 Å². The van der Waals surface area contributed by atoms with Gasteiger partial charge in [0.1, 0.15) is 6.07 Å². The minimum Gasteiger partial charge on any atom is -0.391 e. The lowest BCUT2D eigenvalue weighted by Gasteiger charge is -2.37. The van der Waals surface area contributed by atoms with Crippen LogP contribution in [0.4, 0.5) is 5.69 Å². The highest BCUT2D eigenvalue weighted by molar-refractivity contribution is 5.87. The maximum Gasteiger partial charge on any atom is 0.223 e. The molecule has 1 amide bonds. The van der Waals surface area contributed by atoms with Crippen LogP contribution in [-0.2, 0) is 4.79 Å². The molecule has 9 heteroatoms. The van der Waals surface area contributed by atoms with Gasteiger partial charge in [0, 0.05) is 63.0 Å². The number of hydrogen-bond acceptors (Lipinski definition) is 7. The summed E-state index contributed by atoms with van der Waals surface area (Å²) in [4.78, 5) is 16.9. The van der Waals surface area contributed by atoms with Crippen LogP contribution in [0.3, 0.4) is 0 Å². The highest BCUT2D eigenvalue weighted by Gasteiger charge is 2.25. The molecule has 1 atom stereocenters. The standard InChI is InChI=1S/C31H39N7O2/c1-22(19-37(33-6)20-23(2)39)25-15-28(30-26(17-32)18-34-38(30)21-25)24-7-9-27(10-8-24)35-11-13-36(14-12-35)29(40)16-31(3,4)5/h7-10,15,18-19,21,23,39H,6,11-14,16,20H2,1-5H3/b22-19+/t23-/m1/s1. The fraction of sp³-hybridized carbons (Fsp3) is 0.419. The third-order valence-corrected chi connectivity index (χ3v) is 7.02. The number of aliphatic hydroxyl groups excluding tert-OH is 1. The van der Waals surface area contributed by atoms with Crippen LogP contribution < -0.4 is 4.90 Å². The molecule has 0 radical (unpaired) electrons. The Balaban J connectivity index is 1.59. The second-order valence-corrected chi connectivity index (χ2v) is 11.7. The van der Waals surface area contributed by atoms with E-state index >= 15 is 0 Å². The van der Waals surface area contributed by atoms with Crippen LogP contribution in [-0.4, -0.2) is 76.1 Å². The Hall–Kier alpha value is -4.16. The normalized spacial score (nSPS) is 15.2. The van der Waals surface area contributed by atoms with Crippen molar-refractivity contribution in [2.75, 3.05) is 37.6 Å². The molecule has 40 heavy (non-hydrogen) atoms.